The molecule has 1 aliphatic heterocycles. The van der Waals surface area contributed by atoms with Gasteiger partial charge in [-0.15, -0.1) is 0 Å². The van der Waals surface area contributed by atoms with E-state index < -0.39 is 0 Å². The zero-order valence-electron chi connectivity index (χ0n) is 13.7. The summed E-state index contributed by atoms with van der Waals surface area (Å²) < 4.78 is 13.7. The minimum Gasteiger partial charge on any atom is -0.307 e. The standard InChI is InChI=1S/C18H29FN2/c1-4-5-10-21-11-8-17(9-12-21)20-15(3)16-7-6-14(2)18(19)13-16/h6-7,13,15,17,20H,4-5,8-12H2,1-3H3. The molecule has 1 saturated heterocycles. The van der Waals surface area contributed by atoms with E-state index in [9.17, 15) is 4.39 Å². The molecule has 0 spiro atoms. The Labute approximate surface area is 128 Å². The van der Waals surface area contributed by atoms with Crippen LogP contribution in [0, 0.1) is 12.7 Å². The van der Waals surface area contributed by atoms with Gasteiger partial charge in [0.1, 0.15) is 5.82 Å². The predicted molar refractivity (Wildman–Crippen MR) is 87.1 cm³/mol. The maximum atomic E-state index is 13.7. The Morgan fingerprint density at radius 2 is 2.05 bits per heavy atom. The molecule has 3 heteroatoms. The average molecular weight is 292 g/mol. The first-order valence-corrected chi connectivity index (χ1v) is 8.34. The topological polar surface area (TPSA) is 15.3 Å². The first kappa shape index (κ1) is 16.4. The number of hydrogen-bond donors (Lipinski definition) is 1. The van der Waals surface area contributed by atoms with Crippen molar-refractivity contribution in [1.82, 2.24) is 10.2 Å². The Kier molecular flexibility index (Phi) is 6.19. The van der Waals surface area contributed by atoms with E-state index in [1.165, 1.54) is 45.3 Å². The second-order valence-corrected chi connectivity index (χ2v) is 6.37. The van der Waals surface area contributed by atoms with E-state index in [0.29, 0.717) is 6.04 Å². The van der Waals surface area contributed by atoms with Crippen LogP contribution >= 0.6 is 0 Å². The van der Waals surface area contributed by atoms with Crippen LogP contribution in [0.3, 0.4) is 0 Å². The molecule has 1 aromatic rings. The van der Waals surface area contributed by atoms with E-state index in [4.69, 9.17) is 0 Å². The van der Waals surface area contributed by atoms with Gasteiger partial charge in [0, 0.05) is 12.1 Å². The summed E-state index contributed by atoms with van der Waals surface area (Å²) in [5.41, 5.74) is 1.77. The van der Waals surface area contributed by atoms with E-state index in [2.05, 4.69) is 24.1 Å². The maximum absolute atomic E-state index is 13.7. The largest absolute Gasteiger partial charge is 0.307 e. The van der Waals surface area contributed by atoms with Gasteiger partial charge in [-0.25, -0.2) is 4.39 Å². The zero-order chi connectivity index (χ0) is 15.2. The van der Waals surface area contributed by atoms with Gasteiger partial charge in [-0.3, -0.25) is 0 Å². The van der Waals surface area contributed by atoms with Crippen LogP contribution < -0.4 is 5.32 Å². The fourth-order valence-corrected chi connectivity index (χ4v) is 3.03. The SMILES string of the molecule is CCCCN1CCC(NC(C)c2ccc(C)c(F)c2)CC1. The molecular weight excluding hydrogens is 263 g/mol. The zero-order valence-corrected chi connectivity index (χ0v) is 13.7. The van der Waals surface area contributed by atoms with Gasteiger partial charge in [0.2, 0.25) is 0 Å². The summed E-state index contributed by atoms with van der Waals surface area (Å²) in [7, 11) is 0. The van der Waals surface area contributed by atoms with Crippen molar-refractivity contribution in [2.45, 2.75) is 58.5 Å². The highest BCUT2D eigenvalue weighted by molar-refractivity contribution is 5.25. The molecule has 0 bridgehead atoms. The molecule has 1 fully saturated rings. The summed E-state index contributed by atoms with van der Waals surface area (Å²) in [5, 5.41) is 3.67. The van der Waals surface area contributed by atoms with Crippen LogP contribution in [0.5, 0.6) is 0 Å². The van der Waals surface area contributed by atoms with Gasteiger partial charge >= 0.3 is 0 Å². The van der Waals surface area contributed by atoms with Crippen LogP contribution in [-0.2, 0) is 0 Å². The molecule has 1 aromatic carbocycles. The third kappa shape index (κ3) is 4.79. The number of likely N-dealkylation sites (tertiary alicyclic amines) is 1. The molecule has 2 nitrogen and oxygen atoms in total. The van der Waals surface area contributed by atoms with E-state index >= 15 is 0 Å². The number of aryl methyl sites for hydroxylation is 1. The van der Waals surface area contributed by atoms with E-state index in [0.717, 1.165) is 11.1 Å². The van der Waals surface area contributed by atoms with Crippen LogP contribution in [-0.4, -0.2) is 30.6 Å². The third-order valence-electron chi connectivity index (χ3n) is 4.60. The lowest BCUT2D eigenvalue weighted by Crippen LogP contribution is -2.43. The van der Waals surface area contributed by atoms with Crippen molar-refractivity contribution in [3.63, 3.8) is 0 Å². The number of piperidine rings is 1. The highest BCUT2D eigenvalue weighted by Gasteiger charge is 2.20. The van der Waals surface area contributed by atoms with Gasteiger partial charge in [-0.1, -0.05) is 25.5 Å². The number of unbranched alkanes of at least 4 members (excludes halogenated alkanes) is 1. The molecular formula is C18H29FN2. The second kappa shape index (κ2) is 7.90. The fraction of sp³-hybridized carbons (Fsp3) is 0.667. The van der Waals surface area contributed by atoms with Gasteiger partial charge in [0.15, 0.2) is 0 Å². The summed E-state index contributed by atoms with van der Waals surface area (Å²) in [6, 6.07) is 6.35. The Bertz CT molecular complexity index is 439. The molecule has 1 N–H and O–H groups in total. The van der Waals surface area contributed by atoms with Crippen LogP contribution in [0.25, 0.3) is 0 Å². The third-order valence-corrected chi connectivity index (χ3v) is 4.60. The minimum absolute atomic E-state index is 0.101. The van der Waals surface area contributed by atoms with Gasteiger partial charge in [0.05, 0.1) is 0 Å². The van der Waals surface area contributed by atoms with Gasteiger partial charge in [-0.2, -0.15) is 0 Å². The normalized spacial score (nSPS) is 18.9. The molecule has 118 valence electrons. The lowest BCUT2D eigenvalue weighted by Gasteiger charge is -2.34. The van der Waals surface area contributed by atoms with Crippen molar-refractivity contribution in [2.75, 3.05) is 19.6 Å². The Hall–Kier alpha value is -0.930. The number of benzene rings is 1. The first-order valence-electron chi connectivity index (χ1n) is 8.34. The molecule has 0 radical (unpaired) electrons. The second-order valence-electron chi connectivity index (χ2n) is 6.37. The monoisotopic (exact) mass is 292 g/mol. The van der Waals surface area contributed by atoms with Gasteiger partial charge in [-0.05, 0) is 69.9 Å². The molecule has 1 atom stereocenters. The Morgan fingerprint density at radius 3 is 2.67 bits per heavy atom. The summed E-state index contributed by atoms with van der Waals surface area (Å²) >= 11 is 0. The average Bonchev–Trinajstić information content (AvgIpc) is 2.49. The van der Waals surface area contributed by atoms with Crippen molar-refractivity contribution in [2.24, 2.45) is 0 Å². The molecule has 21 heavy (non-hydrogen) atoms. The molecule has 1 aliphatic rings. The van der Waals surface area contributed by atoms with Crippen LogP contribution in [0.15, 0.2) is 18.2 Å². The first-order chi connectivity index (χ1) is 10.1. The summed E-state index contributed by atoms with van der Waals surface area (Å²) in [6.45, 7) is 9.80. The number of rotatable bonds is 6. The Morgan fingerprint density at radius 1 is 1.33 bits per heavy atom. The summed E-state index contributed by atoms with van der Waals surface area (Å²) in [4.78, 5) is 2.57. The van der Waals surface area contributed by atoms with Crippen LogP contribution in [0.4, 0.5) is 4.39 Å². The minimum atomic E-state index is -0.101. The highest BCUT2D eigenvalue weighted by Crippen LogP contribution is 2.19. The number of nitrogens with one attached hydrogen (secondary N) is 1. The van der Waals surface area contributed by atoms with Crippen molar-refractivity contribution in [3.05, 3.63) is 35.1 Å². The van der Waals surface area contributed by atoms with E-state index in [1.807, 2.05) is 19.1 Å². The molecule has 0 saturated carbocycles. The van der Waals surface area contributed by atoms with Crippen LogP contribution in [0.2, 0.25) is 0 Å². The van der Waals surface area contributed by atoms with Crippen molar-refractivity contribution >= 4 is 0 Å². The maximum Gasteiger partial charge on any atom is 0.126 e. The summed E-state index contributed by atoms with van der Waals surface area (Å²) in [5.74, 6) is -0.101. The smallest absolute Gasteiger partial charge is 0.126 e. The molecule has 2 rings (SSSR count). The number of nitrogens with zero attached hydrogens (tertiary/aromatic N) is 1. The highest BCUT2D eigenvalue weighted by atomic mass is 19.1. The van der Waals surface area contributed by atoms with Gasteiger partial charge < -0.3 is 10.2 Å². The molecule has 1 heterocycles. The Balaban J connectivity index is 1.81. The predicted octanol–water partition coefficient (Wildman–Crippen LogP) is 4.05. The fourth-order valence-electron chi connectivity index (χ4n) is 3.03. The van der Waals surface area contributed by atoms with Gasteiger partial charge in [0.25, 0.3) is 0 Å². The van der Waals surface area contributed by atoms with Crippen LogP contribution in [0.1, 0.15) is 56.7 Å². The quantitative estimate of drug-likeness (QED) is 0.851. The van der Waals surface area contributed by atoms with Crippen molar-refractivity contribution in [3.8, 4) is 0 Å². The number of hydrogen-bond acceptors (Lipinski definition) is 2. The van der Waals surface area contributed by atoms with E-state index in [1.54, 1.807) is 6.07 Å². The molecule has 0 amide bonds. The summed E-state index contributed by atoms with van der Waals surface area (Å²) in [6.07, 6.45) is 4.97. The molecule has 0 aliphatic carbocycles. The molecule has 1 unspecified atom stereocenters. The van der Waals surface area contributed by atoms with Crippen molar-refractivity contribution < 1.29 is 4.39 Å². The lowest BCUT2D eigenvalue weighted by molar-refractivity contribution is 0.190. The lowest BCUT2D eigenvalue weighted by atomic mass is 10.0. The van der Waals surface area contributed by atoms with E-state index in [-0.39, 0.29) is 11.9 Å². The van der Waals surface area contributed by atoms with Crippen molar-refractivity contribution in [1.29, 1.82) is 0 Å². The number of halogens is 1. The molecule has 0 aromatic heterocycles.